The average molecular weight is 608 g/mol. The van der Waals surface area contributed by atoms with Gasteiger partial charge in [-0.05, 0) is 74.6 Å². The predicted molar refractivity (Wildman–Crippen MR) is 170 cm³/mol. The average Bonchev–Trinajstić information content (AvgIpc) is 3.55. The molecule has 0 unspecified atom stereocenters. The fourth-order valence-corrected chi connectivity index (χ4v) is 8.69. The molecule has 2 aromatic heterocycles. The Hall–Kier alpha value is -3.08. The molecule has 42 heavy (non-hydrogen) atoms. The molecule has 1 saturated carbocycles. The Morgan fingerprint density at radius 2 is 1.79 bits per heavy atom. The summed E-state index contributed by atoms with van der Waals surface area (Å²) in [6.07, 6.45) is 5.07. The Bertz CT molecular complexity index is 1650. The van der Waals surface area contributed by atoms with E-state index in [0.717, 1.165) is 59.3 Å². The van der Waals surface area contributed by atoms with Crippen molar-refractivity contribution in [3.63, 3.8) is 0 Å². The smallest absolute Gasteiger partial charge is 0.260 e. The van der Waals surface area contributed by atoms with E-state index in [1.807, 2.05) is 43.7 Å². The first kappa shape index (κ1) is 30.4. The van der Waals surface area contributed by atoms with E-state index in [9.17, 15) is 13.2 Å². The summed E-state index contributed by atoms with van der Waals surface area (Å²) in [5.41, 5.74) is 4.44. The molecule has 10 heteroatoms. The number of para-hydroxylation sites is 1. The third-order valence-electron chi connectivity index (χ3n) is 8.18. The summed E-state index contributed by atoms with van der Waals surface area (Å²) in [7, 11) is -3.66. The van der Waals surface area contributed by atoms with E-state index in [1.54, 1.807) is 33.5 Å². The van der Waals surface area contributed by atoms with Gasteiger partial charge in [0.2, 0.25) is 10.0 Å². The summed E-state index contributed by atoms with van der Waals surface area (Å²) in [4.78, 5) is 20.9. The number of nitrogens with zero attached hydrogens (tertiary/aromatic N) is 5. The Labute approximate surface area is 253 Å². The van der Waals surface area contributed by atoms with Crippen LogP contribution in [0.1, 0.15) is 86.1 Å². The minimum Gasteiger partial charge on any atom is -0.282 e. The van der Waals surface area contributed by atoms with Gasteiger partial charge in [-0.25, -0.2) is 13.4 Å². The number of fused-ring (bicyclic) bond motifs is 1. The number of amides is 1. The number of aryl methyl sites for hydroxylation is 2. The molecule has 1 fully saturated rings. The molecule has 1 aliphatic carbocycles. The van der Waals surface area contributed by atoms with Gasteiger partial charge in [0.05, 0.1) is 27.4 Å². The molecule has 224 valence electrons. The second-order valence-electron chi connectivity index (χ2n) is 11.5. The van der Waals surface area contributed by atoms with Crippen LogP contribution in [0.2, 0.25) is 0 Å². The van der Waals surface area contributed by atoms with E-state index in [1.165, 1.54) is 11.3 Å². The highest BCUT2D eigenvalue weighted by atomic mass is 32.2. The maximum Gasteiger partial charge on any atom is 0.260 e. The minimum atomic E-state index is -3.66. The van der Waals surface area contributed by atoms with Crippen molar-refractivity contribution in [1.29, 1.82) is 0 Å². The first-order chi connectivity index (χ1) is 20.1. The molecule has 5 rings (SSSR count). The predicted octanol–water partition coefficient (Wildman–Crippen LogP) is 6.92. The van der Waals surface area contributed by atoms with E-state index in [2.05, 4.69) is 25.0 Å². The lowest BCUT2D eigenvalue weighted by molar-refractivity contribution is 0.0985. The van der Waals surface area contributed by atoms with Gasteiger partial charge in [-0.1, -0.05) is 63.5 Å². The molecule has 0 aliphatic heterocycles. The van der Waals surface area contributed by atoms with Crippen molar-refractivity contribution in [2.24, 2.45) is 0 Å². The quantitative estimate of drug-likeness (QED) is 0.195. The van der Waals surface area contributed by atoms with E-state index < -0.39 is 10.0 Å². The van der Waals surface area contributed by atoms with Gasteiger partial charge >= 0.3 is 0 Å². The van der Waals surface area contributed by atoms with E-state index in [-0.39, 0.29) is 16.8 Å². The first-order valence-electron chi connectivity index (χ1n) is 14.9. The molecule has 0 atom stereocenters. The van der Waals surface area contributed by atoms with E-state index in [0.29, 0.717) is 36.2 Å². The van der Waals surface area contributed by atoms with Crippen LogP contribution in [-0.2, 0) is 16.6 Å². The van der Waals surface area contributed by atoms with Crippen LogP contribution in [-0.4, -0.2) is 52.5 Å². The summed E-state index contributed by atoms with van der Waals surface area (Å²) >= 11 is 1.50. The van der Waals surface area contributed by atoms with Crippen molar-refractivity contribution >= 4 is 42.6 Å². The molecule has 4 aromatic rings. The van der Waals surface area contributed by atoms with Gasteiger partial charge in [-0.3, -0.25) is 14.4 Å². The highest BCUT2D eigenvalue weighted by Crippen LogP contribution is 2.34. The van der Waals surface area contributed by atoms with Crippen molar-refractivity contribution in [1.82, 2.24) is 19.1 Å². The monoisotopic (exact) mass is 607 g/mol. The van der Waals surface area contributed by atoms with Crippen LogP contribution >= 0.6 is 11.3 Å². The minimum absolute atomic E-state index is 0.0368. The standard InChI is InChI=1S/C32H41N5O3S2/c1-6-37(26-11-8-7-9-12-26)42(39,40)27-17-15-25(16-18-27)31(38)35(19-20-36-24(5)21-23(4)34-36)32-33-30-28(22(2)3)13-10-14-29(30)41-32/h10,13-18,21-22,26H,6-9,11-12,19-20H2,1-5H3. The maximum absolute atomic E-state index is 14.1. The number of anilines is 1. The van der Waals surface area contributed by atoms with Gasteiger partial charge in [-0.2, -0.15) is 9.40 Å². The van der Waals surface area contributed by atoms with Crippen LogP contribution in [0, 0.1) is 13.8 Å². The molecule has 0 radical (unpaired) electrons. The number of hydrogen-bond donors (Lipinski definition) is 0. The molecule has 0 spiro atoms. The number of benzene rings is 2. The molecule has 1 amide bonds. The number of carbonyl (C=O) groups excluding carboxylic acids is 1. The van der Waals surface area contributed by atoms with Gasteiger partial charge in [0.25, 0.3) is 5.91 Å². The van der Waals surface area contributed by atoms with Crippen molar-refractivity contribution in [3.8, 4) is 0 Å². The van der Waals surface area contributed by atoms with Crippen LogP contribution < -0.4 is 4.90 Å². The van der Waals surface area contributed by atoms with E-state index in [4.69, 9.17) is 4.98 Å². The zero-order valence-electron chi connectivity index (χ0n) is 25.2. The lowest BCUT2D eigenvalue weighted by Gasteiger charge is -2.32. The summed E-state index contributed by atoms with van der Waals surface area (Å²) in [5.74, 6) is 0.0820. The Balaban J connectivity index is 1.46. The molecule has 0 saturated heterocycles. The number of aromatic nitrogens is 3. The molecule has 0 bridgehead atoms. The van der Waals surface area contributed by atoms with E-state index >= 15 is 0 Å². The maximum atomic E-state index is 14.1. The molecule has 1 aliphatic rings. The Kier molecular flexibility index (Phi) is 9.15. The van der Waals surface area contributed by atoms with Crippen LogP contribution in [0.3, 0.4) is 0 Å². The van der Waals surface area contributed by atoms with Crippen LogP contribution in [0.15, 0.2) is 53.4 Å². The number of carbonyl (C=O) groups is 1. The highest BCUT2D eigenvalue weighted by molar-refractivity contribution is 7.89. The zero-order valence-corrected chi connectivity index (χ0v) is 26.8. The number of thiazole rings is 1. The SMILES string of the molecule is CCN(C1CCCCC1)S(=O)(=O)c1ccc(C(=O)N(CCn2nc(C)cc2C)c2nc3c(C(C)C)cccc3s2)cc1. The van der Waals surface area contributed by atoms with Gasteiger partial charge in [0.15, 0.2) is 5.13 Å². The van der Waals surface area contributed by atoms with Crippen molar-refractivity contribution in [2.75, 3.05) is 18.0 Å². The fourth-order valence-electron chi connectivity index (χ4n) is 5.97. The summed E-state index contributed by atoms with van der Waals surface area (Å²) in [6.45, 7) is 11.5. The fraction of sp³-hybridized carbons (Fsp3) is 0.469. The third-order valence-corrected chi connectivity index (χ3v) is 11.3. The topological polar surface area (TPSA) is 88.4 Å². The molecule has 2 heterocycles. The largest absolute Gasteiger partial charge is 0.282 e. The number of hydrogen-bond acceptors (Lipinski definition) is 6. The summed E-state index contributed by atoms with van der Waals surface area (Å²) in [5, 5.41) is 5.20. The summed E-state index contributed by atoms with van der Waals surface area (Å²) < 4.78 is 31.8. The second kappa shape index (κ2) is 12.7. The lowest BCUT2D eigenvalue weighted by atomic mass is 9.95. The molecule has 8 nitrogen and oxygen atoms in total. The lowest BCUT2D eigenvalue weighted by Crippen LogP contribution is -2.41. The Morgan fingerprint density at radius 1 is 1.07 bits per heavy atom. The third kappa shape index (κ3) is 6.16. The summed E-state index contributed by atoms with van der Waals surface area (Å²) in [6, 6.07) is 14.6. The number of rotatable bonds is 10. The van der Waals surface area contributed by atoms with Gasteiger partial charge in [-0.15, -0.1) is 0 Å². The van der Waals surface area contributed by atoms with Crippen LogP contribution in [0.25, 0.3) is 10.2 Å². The van der Waals surface area contributed by atoms with Crippen LogP contribution in [0.5, 0.6) is 0 Å². The van der Waals surface area contributed by atoms with Gasteiger partial charge in [0, 0.05) is 30.4 Å². The zero-order chi connectivity index (χ0) is 30.0. The van der Waals surface area contributed by atoms with Crippen molar-refractivity contribution in [2.45, 2.75) is 90.1 Å². The number of sulfonamides is 1. The molecular formula is C32H41N5O3S2. The van der Waals surface area contributed by atoms with Crippen LogP contribution in [0.4, 0.5) is 5.13 Å². The Morgan fingerprint density at radius 3 is 2.40 bits per heavy atom. The van der Waals surface area contributed by atoms with Gasteiger partial charge in [0.1, 0.15) is 0 Å². The normalized spacial score (nSPS) is 14.7. The first-order valence-corrected chi connectivity index (χ1v) is 17.2. The molecule has 0 N–H and O–H groups in total. The highest BCUT2D eigenvalue weighted by Gasteiger charge is 2.31. The van der Waals surface area contributed by atoms with Crippen molar-refractivity contribution in [3.05, 3.63) is 71.0 Å². The van der Waals surface area contributed by atoms with Crippen molar-refractivity contribution < 1.29 is 13.2 Å². The molecule has 2 aromatic carbocycles. The van der Waals surface area contributed by atoms with Gasteiger partial charge < -0.3 is 0 Å². The second-order valence-corrected chi connectivity index (χ2v) is 14.4. The molecular weight excluding hydrogens is 567 g/mol.